The highest BCUT2D eigenvalue weighted by molar-refractivity contribution is 6.20. The lowest BCUT2D eigenvalue weighted by molar-refractivity contribution is 0.526. The molecule has 3 N–H and O–H groups in total. The summed E-state index contributed by atoms with van der Waals surface area (Å²) in [6, 6.07) is 0. The van der Waals surface area contributed by atoms with Gasteiger partial charge < -0.3 is 11.1 Å². The third-order valence-electron chi connectivity index (χ3n) is 4.76. The number of alkyl halides is 1. The first-order valence-corrected chi connectivity index (χ1v) is 11.3. The quantitative estimate of drug-likeness (QED) is 0.157. The van der Waals surface area contributed by atoms with Gasteiger partial charge in [0.15, 0.2) is 0 Å². The number of halogens is 3. The van der Waals surface area contributed by atoms with Gasteiger partial charge in [-0.25, -0.2) is 0 Å². The first kappa shape index (κ1) is 31.5. The Kier molecular flexibility index (Phi) is 33.9. The lowest BCUT2D eigenvalue weighted by Crippen LogP contribution is -2.17. The number of unbranched alkanes of at least 4 members (excludes halogenated alkanes) is 13. The molecule has 0 saturated carbocycles. The topological polar surface area (TPSA) is 38.0 Å². The predicted octanol–water partition coefficient (Wildman–Crippen LogP) is 7.25. The van der Waals surface area contributed by atoms with Gasteiger partial charge in [0.1, 0.15) is 0 Å². The molecule has 0 fully saturated rings. The molecule has 0 heterocycles. The minimum Gasteiger partial charge on any atom is -0.330 e. The van der Waals surface area contributed by atoms with Gasteiger partial charge in [-0.1, -0.05) is 77.0 Å². The Morgan fingerprint density at radius 1 is 0.615 bits per heavy atom. The zero-order chi connectivity index (χ0) is 17.7. The fraction of sp³-hybridized carbons (Fsp3) is 1.00. The fourth-order valence-electron chi connectivity index (χ4n) is 3.15. The average Bonchev–Trinajstić information content (AvgIpc) is 2.56. The van der Waals surface area contributed by atoms with E-state index in [4.69, 9.17) is 17.3 Å². The molecule has 0 rings (SSSR count). The monoisotopic (exact) mass is 432 g/mol. The maximum Gasteiger partial charge on any atom is 0.0308 e. The van der Waals surface area contributed by atoms with Crippen molar-refractivity contribution in [2.45, 2.75) is 115 Å². The van der Waals surface area contributed by atoms with Gasteiger partial charge in [-0.3, -0.25) is 0 Å². The van der Waals surface area contributed by atoms with Crippen LogP contribution < -0.4 is 11.1 Å². The summed E-state index contributed by atoms with van der Waals surface area (Å²) in [6.45, 7) is 5.25. The molecule has 2 nitrogen and oxygen atoms in total. The van der Waals surface area contributed by atoms with Crippen molar-refractivity contribution in [3.63, 3.8) is 0 Å². The molecule has 1 unspecified atom stereocenters. The van der Waals surface area contributed by atoms with Crippen molar-refractivity contribution in [2.24, 2.45) is 5.73 Å². The van der Waals surface area contributed by atoms with Crippen LogP contribution in [-0.4, -0.2) is 25.0 Å². The highest BCUT2D eigenvalue weighted by Gasteiger charge is 1.96. The van der Waals surface area contributed by atoms with E-state index in [2.05, 4.69) is 12.2 Å². The van der Waals surface area contributed by atoms with Crippen LogP contribution in [0.25, 0.3) is 0 Å². The van der Waals surface area contributed by atoms with Crippen LogP contribution in [0, 0.1) is 0 Å². The van der Waals surface area contributed by atoms with Crippen molar-refractivity contribution in [1.29, 1.82) is 0 Å². The van der Waals surface area contributed by atoms with Crippen LogP contribution in [0.1, 0.15) is 110 Å². The molecule has 0 aromatic rings. The fourth-order valence-corrected chi connectivity index (χ4v) is 3.30. The summed E-state index contributed by atoms with van der Waals surface area (Å²) in [4.78, 5) is 0. The van der Waals surface area contributed by atoms with E-state index in [9.17, 15) is 0 Å². The summed E-state index contributed by atoms with van der Waals surface area (Å²) in [5.41, 5.74) is 5.50. The molecular formula is C21H47Cl3N2. The van der Waals surface area contributed by atoms with E-state index in [1.807, 2.05) is 0 Å². The van der Waals surface area contributed by atoms with Crippen LogP contribution in [0.3, 0.4) is 0 Å². The molecule has 0 aromatic carbocycles. The van der Waals surface area contributed by atoms with Crippen molar-refractivity contribution in [3.8, 4) is 0 Å². The third-order valence-corrected chi connectivity index (χ3v) is 4.98. The summed E-state index contributed by atoms with van der Waals surface area (Å²) in [6.07, 6.45) is 21.9. The van der Waals surface area contributed by atoms with Gasteiger partial charge in [0.25, 0.3) is 0 Å². The molecule has 0 aliphatic carbocycles. The van der Waals surface area contributed by atoms with Crippen molar-refractivity contribution in [1.82, 2.24) is 5.32 Å². The maximum atomic E-state index is 5.93. The molecule has 0 aromatic heterocycles. The zero-order valence-corrected chi connectivity index (χ0v) is 19.7. The minimum absolute atomic E-state index is 0. The smallest absolute Gasteiger partial charge is 0.0308 e. The maximum absolute atomic E-state index is 5.93. The van der Waals surface area contributed by atoms with E-state index >= 15 is 0 Å². The van der Waals surface area contributed by atoms with Crippen molar-refractivity contribution in [3.05, 3.63) is 0 Å². The molecule has 0 aliphatic heterocycles. The predicted molar refractivity (Wildman–Crippen MR) is 126 cm³/mol. The summed E-state index contributed by atoms with van der Waals surface area (Å²) < 4.78 is 0. The Balaban J connectivity index is -0.00000264. The molecule has 162 valence electrons. The van der Waals surface area contributed by atoms with Crippen molar-refractivity contribution >= 4 is 36.4 Å². The van der Waals surface area contributed by atoms with Gasteiger partial charge in [-0.15, -0.1) is 36.4 Å². The van der Waals surface area contributed by atoms with Gasteiger partial charge >= 0.3 is 0 Å². The molecule has 0 bridgehead atoms. The van der Waals surface area contributed by atoms with Gasteiger partial charge in [0.05, 0.1) is 0 Å². The Morgan fingerprint density at radius 2 is 0.962 bits per heavy atom. The lowest BCUT2D eigenvalue weighted by atomic mass is 10.0. The van der Waals surface area contributed by atoms with Crippen LogP contribution in [0.4, 0.5) is 0 Å². The van der Waals surface area contributed by atoms with Gasteiger partial charge in [-0.05, 0) is 52.2 Å². The largest absolute Gasteiger partial charge is 0.330 e. The average molecular weight is 434 g/mol. The standard InChI is InChI=1S/C21H45ClN2.2ClH/c1-21(22)17-16-20-24-19-15-13-11-9-7-5-3-2-4-6-8-10-12-14-18-23;;/h21,24H,2-20,23H2,1H3;2*1H. The molecular weight excluding hydrogens is 387 g/mol. The van der Waals surface area contributed by atoms with Crippen LogP contribution >= 0.6 is 36.4 Å². The highest BCUT2D eigenvalue weighted by atomic mass is 35.5. The van der Waals surface area contributed by atoms with Crippen LogP contribution in [0.5, 0.6) is 0 Å². The van der Waals surface area contributed by atoms with Gasteiger partial charge in [-0.2, -0.15) is 0 Å². The molecule has 0 radical (unpaired) electrons. The Morgan fingerprint density at radius 3 is 1.35 bits per heavy atom. The minimum atomic E-state index is 0. The SMILES string of the molecule is CC(Cl)CCCNCCCCCCCCCCCCCCCCN.Cl.Cl. The Hall–Kier alpha value is 0.790. The molecule has 5 heteroatoms. The second-order valence-corrected chi connectivity index (χ2v) is 8.16. The summed E-state index contributed by atoms with van der Waals surface area (Å²) >= 11 is 5.93. The molecule has 0 saturated heterocycles. The molecule has 0 spiro atoms. The number of nitrogens with two attached hydrogens (primary N) is 1. The second kappa shape index (κ2) is 28.0. The molecule has 1 atom stereocenters. The van der Waals surface area contributed by atoms with Crippen LogP contribution in [-0.2, 0) is 0 Å². The van der Waals surface area contributed by atoms with Crippen molar-refractivity contribution < 1.29 is 0 Å². The number of hydrogen-bond acceptors (Lipinski definition) is 2. The number of hydrogen-bond donors (Lipinski definition) is 2. The Labute approximate surface area is 182 Å². The van der Waals surface area contributed by atoms with Crippen molar-refractivity contribution in [2.75, 3.05) is 19.6 Å². The normalized spacial score (nSPS) is 11.7. The molecule has 0 amide bonds. The first-order valence-electron chi connectivity index (χ1n) is 10.8. The van der Waals surface area contributed by atoms with E-state index < -0.39 is 0 Å². The number of rotatable bonds is 20. The molecule has 26 heavy (non-hydrogen) atoms. The number of nitrogens with one attached hydrogen (secondary N) is 1. The summed E-state index contributed by atoms with van der Waals surface area (Å²) in [7, 11) is 0. The van der Waals surface area contributed by atoms with Crippen LogP contribution in [0.2, 0.25) is 0 Å². The lowest BCUT2D eigenvalue weighted by Gasteiger charge is -2.06. The summed E-state index contributed by atoms with van der Waals surface area (Å²) in [5, 5.41) is 3.85. The molecule has 0 aliphatic rings. The van der Waals surface area contributed by atoms with Gasteiger partial charge in [0, 0.05) is 5.38 Å². The van der Waals surface area contributed by atoms with E-state index in [0.29, 0.717) is 5.38 Å². The van der Waals surface area contributed by atoms with E-state index in [1.165, 1.54) is 103 Å². The van der Waals surface area contributed by atoms with Gasteiger partial charge in [0.2, 0.25) is 0 Å². The summed E-state index contributed by atoms with van der Waals surface area (Å²) in [5.74, 6) is 0. The van der Waals surface area contributed by atoms with E-state index in [-0.39, 0.29) is 24.8 Å². The first-order chi connectivity index (χ1) is 11.8. The van der Waals surface area contributed by atoms with Crippen LogP contribution in [0.15, 0.2) is 0 Å². The highest BCUT2D eigenvalue weighted by Crippen LogP contribution is 2.12. The zero-order valence-electron chi connectivity index (χ0n) is 17.3. The Bertz CT molecular complexity index is 229. The van der Waals surface area contributed by atoms with E-state index in [1.54, 1.807) is 0 Å². The second-order valence-electron chi connectivity index (χ2n) is 7.41. The van der Waals surface area contributed by atoms with E-state index in [0.717, 1.165) is 19.5 Å². The third kappa shape index (κ3) is 29.5.